The number of furan rings is 1. The second-order valence-electron chi connectivity index (χ2n) is 9.52. The molecule has 6 heteroatoms. The topological polar surface area (TPSA) is 67.4 Å². The average molecular weight is 449 g/mol. The van der Waals surface area contributed by atoms with Gasteiger partial charge in [0.1, 0.15) is 24.0 Å². The number of benzene rings is 2. The first-order valence-corrected chi connectivity index (χ1v) is 11.8. The Hall–Kier alpha value is -2.67. The summed E-state index contributed by atoms with van der Waals surface area (Å²) in [4.78, 5) is 7.89. The summed E-state index contributed by atoms with van der Waals surface area (Å²) >= 11 is 0. The molecule has 0 amide bonds. The summed E-state index contributed by atoms with van der Waals surface area (Å²) in [5.74, 6) is 0.992. The van der Waals surface area contributed by atoms with Crippen LogP contribution >= 0.6 is 0 Å². The molecule has 3 aromatic rings. The van der Waals surface area contributed by atoms with Crippen molar-refractivity contribution >= 4 is 16.7 Å². The zero-order valence-corrected chi connectivity index (χ0v) is 19.2. The van der Waals surface area contributed by atoms with Gasteiger partial charge >= 0.3 is 0 Å². The molecule has 5 rings (SSSR count). The van der Waals surface area contributed by atoms with Crippen LogP contribution in [0.2, 0.25) is 0 Å². The van der Waals surface area contributed by atoms with Gasteiger partial charge in [0.25, 0.3) is 0 Å². The van der Waals surface area contributed by atoms with Crippen LogP contribution in [0.25, 0.3) is 11.0 Å². The highest BCUT2D eigenvalue weighted by molar-refractivity contribution is 6.03. The van der Waals surface area contributed by atoms with Crippen molar-refractivity contribution in [2.45, 2.75) is 31.3 Å². The number of β-amino-alcohol motifs (C(OH)–C–C–N with tert-alkyl or cyclic N) is 1. The van der Waals surface area contributed by atoms with Gasteiger partial charge in [0.05, 0.1) is 13.2 Å². The lowest BCUT2D eigenvalue weighted by molar-refractivity contribution is -0.0136. The van der Waals surface area contributed by atoms with E-state index in [2.05, 4.69) is 47.3 Å². The van der Waals surface area contributed by atoms with Gasteiger partial charge in [-0.1, -0.05) is 60.6 Å². The monoisotopic (exact) mass is 448 g/mol. The maximum atomic E-state index is 10.4. The molecule has 0 bridgehead atoms. The summed E-state index contributed by atoms with van der Waals surface area (Å²) in [5.41, 5.74) is 3.15. The van der Waals surface area contributed by atoms with Gasteiger partial charge in [-0.25, -0.2) is 0 Å². The Balaban J connectivity index is 1.30. The number of ether oxygens (including phenoxy) is 1. The number of morpholine rings is 1. The summed E-state index contributed by atoms with van der Waals surface area (Å²) < 4.78 is 11.5. The average Bonchev–Trinajstić information content (AvgIpc) is 3.25. The standard InChI is InChI=1S/C27H32N2O4/c1-27(22-8-3-2-4-9-22)16-21(17-27)26(25-15-20-7-5-6-10-24(20)33-25)28-32-19-23(30)18-29-11-13-31-14-12-29/h2-10,15,21,23,30H,11-14,16-19H2,1H3/b28-26-. The van der Waals surface area contributed by atoms with Crippen LogP contribution in [0.3, 0.4) is 0 Å². The van der Waals surface area contributed by atoms with Crippen LogP contribution in [0.15, 0.2) is 70.2 Å². The molecular weight excluding hydrogens is 416 g/mol. The minimum absolute atomic E-state index is 0.120. The lowest BCUT2D eigenvalue weighted by atomic mass is 9.58. The summed E-state index contributed by atoms with van der Waals surface area (Å²) in [6.45, 7) is 6.13. The quantitative estimate of drug-likeness (QED) is 0.413. The molecule has 1 saturated heterocycles. The van der Waals surface area contributed by atoms with Crippen LogP contribution in [-0.4, -0.2) is 61.3 Å². The largest absolute Gasteiger partial charge is 0.455 e. The molecule has 2 aliphatic rings. The minimum Gasteiger partial charge on any atom is -0.455 e. The van der Waals surface area contributed by atoms with E-state index in [0.717, 1.165) is 48.4 Å². The molecule has 2 fully saturated rings. The zero-order valence-electron chi connectivity index (χ0n) is 19.2. The fraction of sp³-hybridized carbons (Fsp3) is 0.444. The van der Waals surface area contributed by atoms with Crippen LogP contribution in [0, 0.1) is 5.92 Å². The van der Waals surface area contributed by atoms with Crippen molar-refractivity contribution in [1.82, 2.24) is 4.90 Å². The van der Waals surface area contributed by atoms with Gasteiger partial charge in [0.2, 0.25) is 0 Å². The molecule has 1 aliphatic heterocycles. The number of para-hydroxylation sites is 1. The summed E-state index contributed by atoms with van der Waals surface area (Å²) in [6.07, 6.45) is 1.36. The van der Waals surface area contributed by atoms with Crippen LogP contribution in [0.4, 0.5) is 0 Å². The van der Waals surface area contributed by atoms with E-state index < -0.39 is 6.10 Å². The third kappa shape index (κ3) is 4.98. The van der Waals surface area contributed by atoms with E-state index >= 15 is 0 Å². The maximum absolute atomic E-state index is 10.4. The first-order valence-electron chi connectivity index (χ1n) is 11.8. The van der Waals surface area contributed by atoms with Gasteiger partial charge in [0, 0.05) is 30.9 Å². The molecule has 1 aromatic heterocycles. The molecule has 1 N–H and O–H groups in total. The molecule has 1 unspecified atom stereocenters. The second kappa shape index (κ2) is 9.67. The number of hydrogen-bond acceptors (Lipinski definition) is 6. The highest BCUT2D eigenvalue weighted by atomic mass is 16.6. The molecule has 1 aliphatic carbocycles. The predicted molar refractivity (Wildman–Crippen MR) is 128 cm³/mol. The zero-order chi connectivity index (χ0) is 22.7. The number of fused-ring (bicyclic) bond motifs is 1. The van der Waals surface area contributed by atoms with Crippen molar-refractivity contribution in [1.29, 1.82) is 0 Å². The Bertz CT molecular complexity index is 1050. The lowest BCUT2D eigenvalue weighted by Crippen LogP contribution is -2.43. The molecule has 6 nitrogen and oxygen atoms in total. The fourth-order valence-electron chi connectivity index (χ4n) is 5.05. The van der Waals surface area contributed by atoms with E-state index in [1.807, 2.05) is 30.3 Å². The van der Waals surface area contributed by atoms with Crippen molar-refractivity contribution in [3.8, 4) is 0 Å². The number of aliphatic hydroxyl groups excluding tert-OH is 1. The lowest BCUT2D eigenvalue weighted by Gasteiger charge is -2.45. The van der Waals surface area contributed by atoms with E-state index in [9.17, 15) is 5.11 Å². The normalized spacial score (nSPS) is 25.0. The van der Waals surface area contributed by atoms with Crippen LogP contribution in [-0.2, 0) is 15.0 Å². The van der Waals surface area contributed by atoms with Crippen LogP contribution in [0.5, 0.6) is 0 Å². The molecule has 174 valence electrons. The highest BCUT2D eigenvalue weighted by Gasteiger charge is 2.45. The summed E-state index contributed by atoms with van der Waals surface area (Å²) in [6, 6.07) is 20.7. The van der Waals surface area contributed by atoms with Crippen LogP contribution in [0.1, 0.15) is 31.1 Å². The molecule has 33 heavy (non-hydrogen) atoms. The van der Waals surface area contributed by atoms with Crippen molar-refractivity contribution in [2.75, 3.05) is 39.5 Å². The van der Waals surface area contributed by atoms with E-state index in [1.54, 1.807) is 0 Å². The number of rotatable bonds is 8. The third-order valence-electron chi connectivity index (χ3n) is 6.93. The fourth-order valence-corrected chi connectivity index (χ4v) is 5.05. The first-order chi connectivity index (χ1) is 16.1. The second-order valence-corrected chi connectivity index (χ2v) is 9.52. The minimum atomic E-state index is -0.597. The number of nitrogens with zero attached hydrogens (tertiary/aromatic N) is 2. The SMILES string of the molecule is CC1(c2ccccc2)CC(/C(=N/OCC(O)CN2CCOCC2)c2cc3ccccc3o2)C1. The number of hydrogen-bond donors (Lipinski definition) is 1. The van der Waals surface area contributed by atoms with Gasteiger partial charge in [-0.15, -0.1) is 0 Å². The molecule has 2 aromatic carbocycles. The van der Waals surface area contributed by atoms with Gasteiger partial charge < -0.3 is 19.1 Å². The Morgan fingerprint density at radius 3 is 2.61 bits per heavy atom. The molecule has 0 spiro atoms. The Morgan fingerprint density at radius 1 is 1.12 bits per heavy atom. The van der Waals surface area contributed by atoms with Gasteiger partial charge in [0.15, 0.2) is 5.76 Å². The Kier molecular flexibility index (Phi) is 6.49. The van der Waals surface area contributed by atoms with Crippen molar-refractivity contribution < 1.29 is 19.1 Å². The number of aliphatic hydroxyl groups is 1. The molecule has 2 heterocycles. The Labute approximate surface area is 194 Å². The molecule has 1 saturated carbocycles. The Morgan fingerprint density at radius 2 is 1.85 bits per heavy atom. The maximum Gasteiger partial charge on any atom is 0.153 e. The molecular formula is C27H32N2O4. The summed E-state index contributed by atoms with van der Waals surface area (Å²) in [5, 5.41) is 16.0. The third-order valence-corrected chi connectivity index (χ3v) is 6.93. The van der Waals surface area contributed by atoms with Gasteiger partial charge in [-0.2, -0.15) is 0 Å². The van der Waals surface area contributed by atoms with E-state index in [0.29, 0.717) is 19.8 Å². The van der Waals surface area contributed by atoms with Crippen molar-refractivity contribution in [2.24, 2.45) is 11.1 Å². The van der Waals surface area contributed by atoms with Crippen LogP contribution < -0.4 is 0 Å². The van der Waals surface area contributed by atoms with Crippen molar-refractivity contribution in [3.05, 3.63) is 72.0 Å². The van der Waals surface area contributed by atoms with Gasteiger partial charge in [-0.3, -0.25) is 4.90 Å². The van der Waals surface area contributed by atoms with E-state index in [1.165, 1.54) is 5.56 Å². The highest BCUT2D eigenvalue weighted by Crippen LogP contribution is 2.49. The van der Waals surface area contributed by atoms with Gasteiger partial charge in [-0.05, 0) is 36.0 Å². The molecule has 0 radical (unpaired) electrons. The summed E-state index contributed by atoms with van der Waals surface area (Å²) in [7, 11) is 0. The predicted octanol–water partition coefficient (Wildman–Crippen LogP) is 4.21. The number of oxime groups is 1. The van der Waals surface area contributed by atoms with E-state index in [-0.39, 0.29) is 17.9 Å². The van der Waals surface area contributed by atoms with Crippen molar-refractivity contribution in [3.63, 3.8) is 0 Å². The first kappa shape index (κ1) is 22.1. The molecule has 1 atom stereocenters. The smallest absolute Gasteiger partial charge is 0.153 e. The van der Waals surface area contributed by atoms with E-state index in [4.69, 9.17) is 14.0 Å².